The Kier molecular flexibility index (Phi) is 3.20. The van der Waals surface area contributed by atoms with Crippen LogP contribution in [0.5, 0.6) is 0 Å². The molecule has 2 aromatic rings. The lowest BCUT2D eigenvalue weighted by Gasteiger charge is -2.04. The third-order valence-corrected chi connectivity index (χ3v) is 2.80. The number of H-pyrrole nitrogens is 1. The number of aryl methyl sites for hydroxylation is 2. The van der Waals surface area contributed by atoms with Gasteiger partial charge in [0.2, 0.25) is 0 Å². The Balaban J connectivity index is 2.45. The third-order valence-electron chi connectivity index (χ3n) is 2.39. The molecule has 1 aromatic carbocycles. The van der Waals surface area contributed by atoms with Crippen molar-refractivity contribution < 1.29 is 14.3 Å². The minimum Gasteiger partial charge on any atom is -0.854 e. The van der Waals surface area contributed by atoms with Gasteiger partial charge in [0.05, 0.1) is 11.6 Å². The third kappa shape index (κ3) is 2.28. The molecule has 2 rings (SSSR count). The fraction of sp³-hybridized carbons (Fsp3) is 0.182. The molecule has 0 aliphatic rings. The summed E-state index contributed by atoms with van der Waals surface area (Å²) in [7, 11) is 1.48. The van der Waals surface area contributed by atoms with Crippen molar-refractivity contribution in [2.24, 2.45) is 12.0 Å². The lowest BCUT2D eigenvalue weighted by molar-refractivity contribution is -0.742. The lowest BCUT2D eigenvalue weighted by atomic mass is 10.2. The van der Waals surface area contributed by atoms with E-state index < -0.39 is 11.5 Å². The van der Waals surface area contributed by atoms with E-state index in [2.05, 4.69) is 14.8 Å². The van der Waals surface area contributed by atoms with E-state index >= 15 is 0 Å². The summed E-state index contributed by atoms with van der Waals surface area (Å²) in [5.41, 5.74) is 0.335. The molecule has 0 radical (unpaired) electrons. The molecule has 0 spiro atoms. The summed E-state index contributed by atoms with van der Waals surface area (Å²) in [6.07, 6.45) is 0. The molecule has 0 unspecified atom stereocenters. The number of hydrogen-bond acceptors (Lipinski definition) is 4. The van der Waals surface area contributed by atoms with E-state index in [0.717, 1.165) is 5.56 Å². The van der Waals surface area contributed by atoms with E-state index in [0.29, 0.717) is 10.7 Å². The predicted octanol–water partition coefficient (Wildman–Crippen LogP) is 0.193. The summed E-state index contributed by atoms with van der Waals surface area (Å²) >= 11 is 5.92. The molecule has 0 aliphatic carbocycles. The maximum atomic E-state index is 11.8. The van der Waals surface area contributed by atoms with Gasteiger partial charge < -0.3 is 5.11 Å². The van der Waals surface area contributed by atoms with Crippen LogP contribution in [0.15, 0.2) is 32.5 Å². The van der Waals surface area contributed by atoms with Crippen LogP contribution < -0.4 is 15.4 Å². The summed E-state index contributed by atoms with van der Waals surface area (Å²) < 4.78 is 5.64. The van der Waals surface area contributed by atoms with E-state index in [1.807, 2.05) is 6.92 Å². The first-order valence-corrected chi connectivity index (χ1v) is 5.46. The van der Waals surface area contributed by atoms with Crippen LogP contribution in [-0.4, -0.2) is 11.2 Å². The van der Waals surface area contributed by atoms with Crippen molar-refractivity contribution in [3.05, 3.63) is 44.9 Å². The number of hydrogen-bond donors (Lipinski definition) is 1. The minimum atomic E-state index is -0.760. The van der Waals surface area contributed by atoms with E-state index in [-0.39, 0.29) is 5.69 Å². The smallest absolute Gasteiger partial charge is 0.435 e. The molecule has 6 nitrogen and oxygen atoms in total. The summed E-state index contributed by atoms with van der Waals surface area (Å²) in [5, 5.41) is 14.6. The first kappa shape index (κ1) is 12.4. The SMILES string of the molecule is Cc1ccc(N=C([O-])c2c(=O)o[nH][n+]2C)cc1Cl. The Morgan fingerprint density at radius 3 is 2.83 bits per heavy atom. The van der Waals surface area contributed by atoms with E-state index in [9.17, 15) is 9.90 Å². The molecule has 0 bridgehead atoms. The Labute approximate surface area is 107 Å². The Morgan fingerprint density at radius 2 is 2.28 bits per heavy atom. The zero-order valence-electron chi connectivity index (χ0n) is 9.73. The van der Waals surface area contributed by atoms with E-state index in [1.165, 1.54) is 11.7 Å². The number of rotatable bonds is 2. The molecule has 1 N–H and O–H groups in total. The van der Waals surface area contributed by atoms with Gasteiger partial charge in [0, 0.05) is 5.02 Å². The van der Waals surface area contributed by atoms with Crippen LogP contribution in [0.25, 0.3) is 0 Å². The van der Waals surface area contributed by atoms with Gasteiger partial charge in [-0.2, -0.15) is 0 Å². The van der Waals surface area contributed by atoms with Crippen molar-refractivity contribution in [1.29, 1.82) is 0 Å². The topological polar surface area (TPSA) is 85.3 Å². The first-order valence-electron chi connectivity index (χ1n) is 5.09. The van der Waals surface area contributed by atoms with Gasteiger partial charge in [0.25, 0.3) is 0 Å². The van der Waals surface area contributed by atoms with Crippen molar-refractivity contribution in [2.75, 3.05) is 0 Å². The van der Waals surface area contributed by atoms with Gasteiger partial charge in [-0.15, -0.1) is 0 Å². The zero-order chi connectivity index (χ0) is 13.3. The van der Waals surface area contributed by atoms with Gasteiger partial charge >= 0.3 is 11.3 Å². The molecule has 0 atom stereocenters. The molecule has 7 heteroatoms. The zero-order valence-corrected chi connectivity index (χ0v) is 10.5. The highest BCUT2D eigenvalue weighted by atomic mass is 35.5. The first-order chi connectivity index (χ1) is 8.49. The van der Waals surface area contributed by atoms with Gasteiger partial charge in [0.15, 0.2) is 7.05 Å². The van der Waals surface area contributed by atoms with Gasteiger partial charge in [-0.05, 0) is 29.9 Å². The van der Waals surface area contributed by atoms with Gasteiger partial charge in [-0.1, -0.05) is 22.3 Å². The van der Waals surface area contributed by atoms with Crippen molar-refractivity contribution >= 4 is 23.2 Å². The highest BCUT2D eigenvalue weighted by Gasteiger charge is 2.17. The molecule has 0 saturated carbocycles. The molecule has 18 heavy (non-hydrogen) atoms. The molecule has 94 valence electrons. The predicted molar refractivity (Wildman–Crippen MR) is 62.9 cm³/mol. The fourth-order valence-electron chi connectivity index (χ4n) is 1.39. The molecular formula is C11H10ClN3O3. The molecular weight excluding hydrogens is 258 g/mol. The minimum absolute atomic E-state index is 0.174. The number of benzene rings is 1. The summed E-state index contributed by atoms with van der Waals surface area (Å²) in [5.74, 6) is -0.688. The maximum Gasteiger partial charge on any atom is 0.435 e. The second-order valence-electron chi connectivity index (χ2n) is 3.74. The Bertz CT molecular complexity index is 672. The molecule has 0 aliphatic heterocycles. The van der Waals surface area contributed by atoms with Crippen molar-refractivity contribution in [1.82, 2.24) is 5.27 Å². The van der Waals surface area contributed by atoms with Gasteiger partial charge in [-0.3, -0.25) is 9.52 Å². The lowest BCUT2D eigenvalue weighted by Crippen LogP contribution is -2.43. The van der Waals surface area contributed by atoms with Crippen LogP contribution >= 0.6 is 11.6 Å². The van der Waals surface area contributed by atoms with E-state index in [1.54, 1.807) is 18.2 Å². The van der Waals surface area contributed by atoms with Crippen LogP contribution in [0.4, 0.5) is 5.69 Å². The van der Waals surface area contributed by atoms with Gasteiger partial charge in [0.1, 0.15) is 0 Å². The molecule has 0 saturated heterocycles. The normalized spacial score (nSPS) is 11.8. The summed E-state index contributed by atoms with van der Waals surface area (Å²) in [6, 6.07) is 4.95. The average Bonchev–Trinajstić information content (AvgIpc) is 2.64. The van der Waals surface area contributed by atoms with E-state index in [4.69, 9.17) is 11.6 Å². The highest BCUT2D eigenvalue weighted by Crippen LogP contribution is 2.22. The number of aliphatic imine (C=N–C) groups is 1. The average molecular weight is 268 g/mol. The molecule has 0 amide bonds. The van der Waals surface area contributed by atoms with Crippen molar-refractivity contribution in [2.45, 2.75) is 6.92 Å². The summed E-state index contributed by atoms with van der Waals surface area (Å²) in [6.45, 7) is 1.84. The van der Waals surface area contributed by atoms with Crippen LogP contribution in [-0.2, 0) is 7.05 Å². The van der Waals surface area contributed by atoms with Crippen molar-refractivity contribution in [3.8, 4) is 0 Å². The quantitative estimate of drug-likeness (QED) is 0.479. The monoisotopic (exact) mass is 267 g/mol. The fourth-order valence-corrected chi connectivity index (χ4v) is 1.57. The second-order valence-corrected chi connectivity index (χ2v) is 4.15. The molecule has 1 heterocycles. The summed E-state index contributed by atoms with van der Waals surface area (Å²) in [4.78, 5) is 15.1. The number of aromatic amines is 1. The van der Waals surface area contributed by atoms with Gasteiger partial charge in [-0.25, -0.2) is 4.79 Å². The van der Waals surface area contributed by atoms with Crippen LogP contribution in [0.3, 0.4) is 0 Å². The number of aromatic nitrogens is 2. The van der Waals surface area contributed by atoms with Crippen LogP contribution in [0.1, 0.15) is 11.3 Å². The number of nitrogens with zero attached hydrogens (tertiary/aromatic N) is 2. The standard InChI is InChI=1S/C11H10ClN3O3/c1-6-3-4-7(5-8(6)12)13-10(16)9-11(17)18-14-15(9)2/h3-5H,1-2H3,(H-,13,14,16,17). The Hall–Kier alpha value is -2.08. The highest BCUT2D eigenvalue weighted by molar-refractivity contribution is 6.31. The number of halogens is 1. The number of nitrogens with one attached hydrogen (secondary N) is 1. The van der Waals surface area contributed by atoms with Crippen LogP contribution in [0, 0.1) is 6.92 Å². The Morgan fingerprint density at radius 1 is 1.56 bits per heavy atom. The maximum absolute atomic E-state index is 11.8. The molecule has 1 aromatic heterocycles. The van der Waals surface area contributed by atoms with Crippen LogP contribution in [0.2, 0.25) is 5.02 Å². The van der Waals surface area contributed by atoms with Crippen molar-refractivity contribution in [3.63, 3.8) is 0 Å². The largest absolute Gasteiger partial charge is 0.854 e. The molecule has 0 fully saturated rings. The second kappa shape index (κ2) is 4.66.